The molecule has 0 aliphatic rings. The van der Waals surface area contributed by atoms with Crippen LogP contribution in [0.4, 0.5) is 0 Å². The third-order valence-electron chi connectivity index (χ3n) is 2.82. The van der Waals surface area contributed by atoms with Gasteiger partial charge in [-0.3, -0.25) is 4.79 Å². The Morgan fingerprint density at radius 2 is 2.10 bits per heavy atom. The standard InChI is InChI=1S/C15H16Cl2N2O2/c1-9(2)5-11-7-12(21-19-11)8-18-15(20)13-4-3-10(16)6-14(13)17/h3-4,6-7,9H,5,8H2,1-2H3,(H,18,20). The van der Waals surface area contributed by atoms with Gasteiger partial charge in [0.05, 0.1) is 22.8 Å². The molecule has 0 saturated carbocycles. The third-order valence-corrected chi connectivity index (χ3v) is 3.37. The zero-order valence-electron chi connectivity index (χ0n) is 11.8. The van der Waals surface area contributed by atoms with Crippen molar-refractivity contribution in [3.8, 4) is 0 Å². The topological polar surface area (TPSA) is 55.1 Å². The number of carbonyl (C=O) groups excluding carboxylic acids is 1. The Labute approximate surface area is 133 Å². The number of carbonyl (C=O) groups is 1. The highest BCUT2D eigenvalue weighted by molar-refractivity contribution is 6.36. The maximum atomic E-state index is 12.0. The number of amides is 1. The molecule has 0 aliphatic carbocycles. The Morgan fingerprint density at radius 1 is 1.33 bits per heavy atom. The van der Waals surface area contributed by atoms with Crippen LogP contribution in [0.15, 0.2) is 28.8 Å². The van der Waals surface area contributed by atoms with Crippen LogP contribution in [0, 0.1) is 5.92 Å². The number of hydrogen-bond acceptors (Lipinski definition) is 3. The van der Waals surface area contributed by atoms with Gasteiger partial charge in [0.2, 0.25) is 0 Å². The Bertz CT molecular complexity index is 638. The Morgan fingerprint density at radius 3 is 2.76 bits per heavy atom. The van der Waals surface area contributed by atoms with Gasteiger partial charge in [0.15, 0.2) is 5.76 Å². The Hall–Kier alpha value is -1.52. The van der Waals surface area contributed by atoms with Crippen molar-refractivity contribution in [3.05, 3.63) is 51.3 Å². The summed E-state index contributed by atoms with van der Waals surface area (Å²) in [5.41, 5.74) is 1.27. The zero-order chi connectivity index (χ0) is 15.4. The lowest BCUT2D eigenvalue weighted by atomic mass is 10.1. The van der Waals surface area contributed by atoms with Crippen molar-refractivity contribution >= 4 is 29.1 Å². The van der Waals surface area contributed by atoms with E-state index in [4.69, 9.17) is 27.7 Å². The SMILES string of the molecule is CC(C)Cc1cc(CNC(=O)c2ccc(Cl)cc2Cl)on1. The molecule has 1 aromatic heterocycles. The van der Waals surface area contributed by atoms with Crippen molar-refractivity contribution in [2.75, 3.05) is 0 Å². The number of hydrogen-bond donors (Lipinski definition) is 1. The summed E-state index contributed by atoms with van der Waals surface area (Å²) in [7, 11) is 0. The molecule has 0 spiro atoms. The average molecular weight is 327 g/mol. The highest BCUT2D eigenvalue weighted by atomic mass is 35.5. The summed E-state index contributed by atoms with van der Waals surface area (Å²) < 4.78 is 5.18. The largest absolute Gasteiger partial charge is 0.359 e. The molecule has 21 heavy (non-hydrogen) atoms. The van der Waals surface area contributed by atoms with Gasteiger partial charge < -0.3 is 9.84 Å². The fourth-order valence-corrected chi connectivity index (χ4v) is 2.38. The number of benzene rings is 1. The van der Waals surface area contributed by atoms with Gasteiger partial charge in [-0.05, 0) is 30.5 Å². The van der Waals surface area contributed by atoms with Gasteiger partial charge in [0, 0.05) is 11.1 Å². The van der Waals surface area contributed by atoms with E-state index in [1.165, 1.54) is 6.07 Å². The average Bonchev–Trinajstić information content (AvgIpc) is 2.82. The van der Waals surface area contributed by atoms with Crippen LogP contribution in [0.25, 0.3) is 0 Å². The molecule has 0 bridgehead atoms. The van der Waals surface area contributed by atoms with Gasteiger partial charge >= 0.3 is 0 Å². The van der Waals surface area contributed by atoms with E-state index in [1.54, 1.807) is 12.1 Å². The van der Waals surface area contributed by atoms with Crippen LogP contribution in [0.5, 0.6) is 0 Å². The molecular weight excluding hydrogens is 311 g/mol. The third kappa shape index (κ3) is 4.48. The molecule has 0 fully saturated rings. The van der Waals surface area contributed by atoms with Crippen molar-refractivity contribution in [3.63, 3.8) is 0 Å². The number of aromatic nitrogens is 1. The number of rotatable bonds is 5. The summed E-state index contributed by atoms with van der Waals surface area (Å²) >= 11 is 11.8. The molecule has 6 heteroatoms. The second kappa shape index (κ2) is 6.96. The minimum atomic E-state index is -0.279. The van der Waals surface area contributed by atoms with Crippen molar-refractivity contribution in [2.45, 2.75) is 26.8 Å². The fourth-order valence-electron chi connectivity index (χ4n) is 1.89. The molecule has 1 amide bonds. The van der Waals surface area contributed by atoms with Crippen LogP contribution < -0.4 is 5.32 Å². The van der Waals surface area contributed by atoms with E-state index >= 15 is 0 Å². The summed E-state index contributed by atoms with van der Waals surface area (Å²) in [6.07, 6.45) is 0.848. The van der Waals surface area contributed by atoms with Gasteiger partial charge in [-0.25, -0.2) is 0 Å². The fraction of sp³-hybridized carbons (Fsp3) is 0.333. The summed E-state index contributed by atoms with van der Waals surface area (Å²) in [6, 6.07) is 6.60. The predicted molar refractivity (Wildman–Crippen MR) is 82.7 cm³/mol. The maximum absolute atomic E-state index is 12.0. The van der Waals surface area contributed by atoms with E-state index in [2.05, 4.69) is 24.3 Å². The van der Waals surface area contributed by atoms with Crippen molar-refractivity contribution in [2.24, 2.45) is 5.92 Å². The first-order valence-electron chi connectivity index (χ1n) is 6.63. The van der Waals surface area contributed by atoms with E-state index in [-0.39, 0.29) is 12.5 Å². The molecule has 1 heterocycles. The van der Waals surface area contributed by atoms with Gasteiger partial charge in [0.1, 0.15) is 0 Å². The Balaban J connectivity index is 1.96. The molecular formula is C15H16Cl2N2O2. The summed E-state index contributed by atoms with van der Waals surface area (Å²) in [5, 5.41) is 7.52. The minimum absolute atomic E-state index is 0.267. The second-order valence-corrected chi connectivity index (χ2v) is 6.03. The second-order valence-electron chi connectivity index (χ2n) is 5.19. The number of halogens is 2. The number of nitrogens with zero attached hydrogens (tertiary/aromatic N) is 1. The first-order chi connectivity index (χ1) is 9.95. The van der Waals surface area contributed by atoms with Crippen LogP contribution in [0.1, 0.15) is 35.7 Å². The molecule has 0 unspecified atom stereocenters. The molecule has 4 nitrogen and oxygen atoms in total. The first kappa shape index (κ1) is 15.9. The van der Waals surface area contributed by atoms with Crippen LogP contribution in [0.2, 0.25) is 10.0 Å². The zero-order valence-corrected chi connectivity index (χ0v) is 13.3. The van der Waals surface area contributed by atoms with E-state index in [0.717, 1.165) is 12.1 Å². The minimum Gasteiger partial charge on any atom is -0.359 e. The smallest absolute Gasteiger partial charge is 0.253 e. The molecule has 2 rings (SSSR count). The maximum Gasteiger partial charge on any atom is 0.253 e. The first-order valence-corrected chi connectivity index (χ1v) is 7.39. The van der Waals surface area contributed by atoms with E-state index in [0.29, 0.717) is 27.3 Å². The predicted octanol–water partition coefficient (Wildman–Crippen LogP) is 4.11. The van der Waals surface area contributed by atoms with Crippen molar-refractivity contribution in [1.82, 2.24) is 10.5 Å². The van der Waals surface area contributed by atoms with Crippen LogP contribution in [0.3, 0.4) is 0 Å². The van der Waals surface area contributed by atoms with Crippen LogP contribution >= 0.6 is 23.2 Å². The van der Waals surface area contributed by atoms with E-state index < -0.39 is 0 Å². The molecule has 1 aromatic carbocycles. The molecule has 0 radical (unpaired) electrons. The number of nitrogens with one attached hydrogen (secondary N) is 1. The van der Waals surface area contributed by atoms with Crippen LogP contribution in [-0.4, -0.2) is 11.1 Å². The molecule has 0 saturated heterocycles. The lowest BCUT2D eigenvalue weighted by Gasteiger charge is -2.05. The monoisotopic (exact) mass is 326 g/mol. The quantitative estimate of drug-likeness (QED) is 0.899. The van der Waals surface area contributed by atoms with Gasteiger partial charge in [-0.1, -0.05) is 42.2 Å². The van der Waals surface area contributed by atoms with E-state index in [1.807, 2.05) is 6.07 Å². The summed E-state index contributed by atoms with van der Waals surface area (Å²) in [5.74, 6) is 0.841. The Kier molecular flexibility index (Phi) is 5.26. The lowest BCUT2D eigenvalue weighted by molar-refractivity contribution is 0.0947. The molecule has 1 N–H and O–H groups in total. The molecule has 112 valence electrons. The summed E-state index contributed by atoms with van der Waals surface area (Å²) in [4.78, 5) is 12.0. The lowest BCUT2D eigenvalue weighted by Crippen LogP contribution is -2.22. The van der Waals surface area contributed by atoms with Crippen molar-refractivity contribution < 1.29 is 9.32 Å². The highest BCUT2D eigenvalue weighted by Crippen LogP contribution is 2.21. The molecule has 0 aliphatic heterocycles. The van der Waals surface area contributed by atoms with Crippen molar-refractivity contribution in [1.29, 1.82) is 0 Å². The van der Waals surface area contributed by atoms with Gasteiger partial charge in [-0.2, -0.15) is 0 Å². The van der Waals surface area contributed by atoms with Gasteiger partial charge in [-0.15, -0.1) is 0 Å². The highest BCUT2D eigenvalue weighted by Gasteiger charge is 2.12. The van der Waals surface area contributed by atoms with E-state index in [9.17, 15) is 4.79 Å². The molecule has 0 atom stereocenters. The molecule has 2 aromatic rings. The normalized spacial score (nSPS) is 10.9. The van der Waals surface area contributed by atoms with Crippen LogP contribution in [-0.2, 0) is 13.0 Å². The summed E-state index contributed by atoms with van der Waals surface area (Å²) in [6.45, 7) is 4.49. The van der Waals surface area contributed by atoms with Gasteiger partial charge in [0.25, 0.3) is 5.91 Å².